The second-order valence-corrected chi connectivity index (χ2v) is 5.55. The average Bonchev–Trinajstić information content (AvgIpc) is 2.81. The van der Waals surface area contributed by atoms with Gasteiger partial charge in [-0.1, -0.05) is 6.92 Å². The van der Waals surface area contributed by atoms with E-state index in [-0.39, 0.29) is 0 Å². The fourth-order valence-corrected chi connectivity index (χ4v) is 2.84. The Morgan fingerprint density at radius 2 is 2.12 bits per heavy atom. The topological polar surface area (TPSA) is 56.7 Å². The standard InChI is InChI=1S/C12H18N4S/c1-5-9-6-10(11(13)17-9)12-15-14-8(4)16(12)7(2)3/h6-7H,5,13H2,1-4H3. The smallest absolute Gasteiger partial charge is 0.167 e. The summed E-state index contributed by atoms with van der Waals surface area (Å²) < 4.78 is 2.12. The first-order valence-corrected chi connectivity index (χ1v) is 6.66. The van der Waals surface area contributed by atoms with E-state index in [1.54, 1.807) is 11.3 Å². The Morgan fingerprint density at radius 1 is 1.41 bits per heavy atom. The first kappa shape index (κ1) is 12.1. The lowest BCUT2D eigenvalue weighted by atomic mass is 10.2. The number of hydrogen-bond acceptors (Lipinski definition) is 4. The number of rotatable bonds is 3. The molecule has 0 aliphatic heterocycles. The van der Waals surface area contributed by atoms with Gasteiger partial charge in [-0.2, -0.15) is 0 Å². The van der Waals surface area contributed by atoms with Gasteiger partial charge in [0.05, 0.1) is 10.6 Å². The van der Waals surface area contributed by atoms with Crippen LogP contribution in [0, 0.1) is 6.92 Å². The minimum absolute atomic E-state index is 0.337. The normalized spacial score (nSPS) is 11.4. The van der Waals surface area contributed by atoms with E-state index >= 15 is 0 Å². The Bertz CT molecular complexity index is 525. The Balaban J connectivity index is 2.56. The van der Waals surface area contributed by atoms with Gasteiger partial charge in [0.1, 0.15) is 5.82 Å². The average molecular weight is 250 g/mol. The Kier molecular flexibility index (Phi) is 3.19. The maximum absolute atomic E-state index is 6.06. The highest BCUT2D eigenvalue weighted by molar-refractivity contribution is 7.16. The SMILES string of the molecule is CCc1cc(-c2nnc(C)n2C(C)C)c(N)s1. The van der Waals surface area contributed by atoms with Crippen molar-refractivity contribution in [3.05, 3.63) is 16.8 Å². The summed E-state index contributed by atoms with van der Waals surface area (Å²) in [5.74, 6) is 1.81. The Morgan fingerprint density at radius 3 is 2.65 bits per heavy atom. The second-order valence-electron chi connectivity index (χ2n) is 4.38. The van der Waals surface area contributed by atoms with Gasteiger partial charge in [-0.05, 0) is 33.3 Å². The molecule has 0 aliphatic carbocycles. The number of anilines is 1. The number of aryl methyl sites for hydroxylation is 2. The molecule has 2 aromatic rings. The molecule has 0 fully saturated rings. The number of nitrogens with zero attached hydrogens (tertiary/aromatic N) is 3. The third-order valence-corrected chi connectivity index (χ3v) is 3.89. The predicted molar refractivity (Wildman–Crippen MR) is 72.2 cm³/mol. The fourth-order valence-electron chi connectivity index (χ4n) is 1.98. The van der Waals surface area contributed by atoms with Gasteiger partial charge in [-0.15, -0.1) is 21.5 Å². The summed E-state index contributed by atoms with van der Waals surface area (Å²) in [6, 6.07) is 2.46. The molecule has 0 saturated carbocycles. The van der Waals surface area contributed by atoms with Crippen LogP contribution in [0.4, 0.5) is 5.00 Å². The highest BCUT2D eigenvalue weighted by Crippen LogP contribution is 2.34. The first-order chi connectivity index (χ1) is 8.04. The fraction of sp³-hybridized carbons (Fsp3) is 0.500. The van der Waals surface area contributed by atoms with Crippen molar-refractivity contribution < 1.29 is 0 Å². The van der Waals surface area contributed by atoms with Gasteiger partial charge < -0.3 is 10.3 Å². The molecule has 0 unspecified atom stereocenters. The van der Waals surface area contributed by atoms with Crippen LogP contribution in [0.5, 0.6) is 0 Å². The van der Waals surface area contributed by atoms with Gasteiger partial charge in [0.2, 0.25) is 0 Å². The molecular formula is C12H18N4S. The van der Waals surface area contributed by atoms with Crippen molar-refractivity contribution >= 4 is 16.3 Å². The summed E-state index contributed by atoms with van der Waals surface area (Å²) >= 11 is 1.64. The Labute approximate surface area is 105 Å². The summed E-state index contributed by atoms with van der Waals surface area (Å²) in [4.78, 5) is 1.29. The molecule has 5 heteroatoms. The van der Waals surface area contributed by atoms with Crippen molar-refractivity contribution in [3.8, 4) is 11.4 Å². The van der Waals surface area contributed by atoms with Crippen molar-refractivity contribution in [2.45, 2.75) is 40.2 Å². The van der Waals surface area contributed by atoms with Crippen LogP contribution in [0.1, 0.15) is 37.5 Å². The third kappa shape index (κ3) is 2.07. The van der Waals surface area contributed by atoms with Crippen LogP contribution in [-0.4, -0.2) is 14.8 Å². The van der Waals surface area contributed by atoms with Gasteiger partial charge in [-0.25, -0.2) is 0 Å². The van der Waals surface area contributed by atoms with E-state index in [1.807, 2.05) is 6.92 Å². The Hall–Kier alpha value is -1.36. The van der Waals surface area contributed by atoms with Crippen LogP contribution in [-0.2, 0) is 6.42 Å². The molecular weight excluding hydrogens is 232 g/mol. The van der Waals surface area contributed by atoms with Gasteiger partial charge in [0.25, 0.3) is 0 Å². The molecule has 0 spiro atoms. The number of nitrogen functional groups attached to an aromatic ring is 1. The summed E-state index contributed by atoms with van der Waals surface area (Å²) in [6.45, 7) is 8.36. The molecule has 0 saturated heterocycles. The van der Waals surface area contributed by atoms with E-state index in [1.165, 1.54) is 4.88 Å². The maximum atomic E-state index is 6.06. The lowest BCUT2D eigenvalue weighted by molar-refractivity contribution is 0.588. The highest BCUT2D eigenvalue weighted by atomic mass is 32.1. The molecule has 0 radical (unpaired) electrons. The molecule has 2 aromatic heterocycles. The third-order valence-electron chi connectivity index (χ3n) is 2.78. The van der Waals surface area contributed by atoms with Crippen molar-refractivity contribution in [1.82, 2.24) is 14.8 Å². The van der Waals surface area contributed by atoms with Crippen molar-refractivity contribution in [3.63, 3.8) is 0 Å². The molecule has 0 amide bonds. The number of nitrogens with two attached hydrogens (primary N) is 1. The molecule has 0 aliphatic rings. The molecule has 0 atom stereocenters. The van der Waals surface area contributed by atoms with E-state index in [4.69, 9.17) is 5.73 Å². The highest BCUT2D eigenvalue weighted by Gasteiger charge is 2.17. The largest absolute Gasteiger partial charge is 0.390 e. The molecule has 0 bridgehead atoms. The van der Waals surface area contributed by atoms with Crippen LogP contribution >= 0.6 is 11.3 Å². The molecule has 17 heavy (non-hydrogen) atoms. The molecule has 4 nitrogen and oxygen atoms in total. The van der Waals surface area contributed by atoms with Gasteiger partial charge in [0, 0.05) is 10.9 Å². The molecule has 0 aromatic carbocycles. The molecule has 2 N–H and O–H groups in total. The van der Waals surface area contributed by atoms with Crippen LogP contribution in [0.15, 0.2) is 6.07 Å². The lowest BCUT2D eigenvalue weighted by Gasteiger charge is -2.11. The quantitative estimate of drug-likeness (QED) is 0.911. The molecule has 2 rings (SSSR count). The van der Waals surface area contributed by atoms with E-state index < -0.39 is 0 Å². The van der Waals surface area contributed by atoms with Gasteiger partial charge in [-0.3, -0.25) is 0 Å². The van der Waals surface area contributed by atoms with E-state index in [2.05, 4.69) is 41.6 Å². The number of thiophene rings is 1. The molecule has 2 heterocycles. The van der Waals surface area contributed by atoms with Crippen LogP contribution in [0.2, 0.25) is 0 Å². The van der Waals surface area contributed by atoms with Gasteiger partial charge >= 0.3 is 0 Å². The second kappa shape index (κ2) is 4.49. The van der Waals surface area contributed by atoms with Crippen molar-refractivity contribution in [1.29, 1.82) is 0 Å². The van der Waals surface area contributed by atoms with Crippen LogP contribution in [0.3, 0.4) is 0 Å². The zero-order valence-corrected chi connectivity index (χ0v) is 11.5. The predicted octanol–water partition coefficient (Wildman–Crippen LogP) is 3.04. The summed E-state index contributed by atoms with van der Waals surface area (Å²) in [7, 11) is 0. The zero-order valence-electron chi connectivity index (χ0n) is 10.7. The number of aromatic nitrogens is 3. The number of hydrogen-bond donors (Lipinski definition) is 1. The van der Waals surface area contributed by atoms with Crippen molar-refractivity contribution in [2.75, 3.05) is 5.73 Å². The lowest BCUT2D eigenvalue weighted by Crippen LogP contribution is -2.05. The minimum Gasteiger partial charge on any atom is -0.390 e. The summed E-state index contributed by atoms with van der Waals surface area (Å²) in [5.41, 5.74) is 7.08. The van der Waals surface area contributed by atoms with E-state index in [0.717, 1.165) is 28.6 Å². The van der Waals surface area contributed by atoms with Crippen molar-refractivity contribution in [2.24, 2.45) is 0 Å². The zero-order chi connectivity index (χ0) is 12.6. The summed E-state index contributed by atoms with van der Waals surface area (Å²) in [6.07, 6.45) is 1.00. The minimum atomic E-state index is 0.337. The summed E-state index contributed by atoms with van der Waals surface area (Å²) in [5, 5.41) is 9.24. The van der Waals surface area contributed by atoms with E-state index in [9.17, 15) is 0 Å². The van der Waals surface area contributed by atoms with Crippen LogP contribution in [0.25, 0.3) is 11.4 Å². The first-order valence-electron chi connectivity index (χ1n) is 5.84. The van der Waals surface area contributed by atoms with E-state index in [0.29, 0.717) is 6.04 Å². The maximum Gasteiger partial charge on any atom is 0.167 e. The van der Waals surface area contributed by atoms with Gasteiger partial charge in [0.15, 0.2) is 5.82 Å². The molecule has 92 valence electrons. The van der Waals surface area contributed by atoms with Crippen LogP contribution < -0.4 is 5.73 Å². The monoisotopic (exact) mass is 250 g/mol.